The van der Waals surface area contributed by atoms with E-state index < -0.39 is 11.8 Å². The van der Waals surface area contributed by atoms with Crippen molar-refractivity contribution < 1.29 is 14.4 Å². The van der Waals surface area contributed by atoms with Gasteiger partial charge in [0, 0.05) is 41.9 Å². The molecule has 0 bridgehead atoms. The Bertz CT molecular complexity index is 941. The predicted octanol–water partition coefficient (Wildman–Crippen LogP) is 3.48. The van der Waals surface area contributed by atoms with Crippen molar-refractivity contribution in [2.75, 3.05) is 18.4 Å². The molecule has 0 aliphatic carbocycles. The number of piperazine rings is 1. The monoisotopic (exact) mass is 413 g/mol. The molecule has 1 heterocycles. The number of carbonyl (C=O) groups excluding carboxylic acids is 3. The Morgan fingerprint density at radius 3 is 2.38 bits per heavy atom. The van der Waals surface area contributed by atoms with Crippen LogP contribution in [0.4, 0.5) is 5.69 Å². The van der Waals surface area contributed by atoms with Gasteiger partial charge in [-0.1, -0.05) is 23.7 Å². The lowest BCUT2D eigenvalue weighted by Crippen LogP contribution is -2.55. The smallest absolute Gasteiger partial charge is 0.312 e. The van der Waals surface area contributed by atoms with Crippen molar-refractivity contribution in [3.8, 4) is 0 Å². The highest BCUT2D eigenvalue weighted by atomic mass is 35.5. The Morgan fingerprint density at radius 2 is 1.76 bits per heavy atom. The fourth-order valence-corrected chi connectivity index (χ4v) is 3.50. The molecule has 1 saturated heterocycles. The zero-order valence-corrected chi connectivity index (χ0v) is 17.5. The van der Waals surface area contributed by atoms with Gasteiger partial charge in [0.2, 0.25) is 0 Å². The number of hydrogen-bond acceptors (Lipinski definition) is 3. The van der Waals surface area contributed by atoms with Crippen LogP contribution in [0.1, 0.15) is 35.3 Å². The highest BCUT2D eigenvalue weighted by molar-refractivity contribution is 6.35. The molecule has 3 rings (SSSR count). The van der Waals surface area contributed by atoms with E-state index in [1.54, 1.807) is 52.3 Å². The number of hydrogen-bond donors (Lipinski definition) is 1. The summed E-state index contributed by atoms with van der Waals surface area (Å²) < 4.78 is 0. The van der Waals surface area contributed by atoms with E-state index in [1.807, 2.05) is 20.8 Å². The summed E-state index contributed by atoms with van der Waals surface area (Å²) in [5.74, 6) is -1.16. The molecule has 3 amide bonds. The van der Waals surface area contributed by atoms with Crippen molar-refractivity contribution in [3.05, 3.63) is 64.2 Å². The largest absolute Gasteiger partial charge is 0.330 e. The fraction of sp³-hybridized carbons (Fsp3) is 0.318. The number of amides is 3. The highest BCUT2D eigenvalue weighted by Gasteiger charge is 2.33. The molecule has 1 N–H and O–H groups in total. The van der Waals surface area contributed by atoms with Crippen LogP contribution >= 0.6 is 11.6 Å². The standard InChI is InChI=1S/C22H24ClN3O3/c1-14(2)26-11-10-25(21(28)22(26)29)13-16-4-6-17(7-5-16)20(27)24-19-9-8-18(23)12-15(19)3/h4-9,12,14H,10-11,13H2,1-3H3,(H,24,27). The van der Waals surface area contributed by atoms with Crippen molar-refractivity contribution in [2.45, 2.75) is 33.4 Å². The van der Waals surface area contributed by atoms with Crippen molar-refractivity contribution >= 4 is 35.0 Å². The number of benzene rings is 2. The lowest BCUT2D eigenvalue weighted by Gasteiger charge is -2.36. The third kappa shape index (κ3) is 4.77. The molecule has 0 aromatic heterocycles. The molecule has 0 spiro atoms. The quantitative estimate of drug-likeness (QED) is 0.763. The van der Waals surface area contributed by atoms with Crippen LogP contribution in [0.3, 0.4) is 0 Å². The van der Waals surface area contributed by atoms with Gasteiger partial charge in [-0.2, -0.15) is 0 Å². The van der Waals surface area contributed by atoms with Gasteiger partial charge in [-0.25, -0.2) is 0 Å². The van der Waals surface area contributed by atoms with Crippen molar-refractivity contribution in [2.24, 2.45) is 0 Å². The van der Waals surface area contributed by atoms with Gasteiger partial charge in [0.25, 0.3) is 5.91 Å². The van der Waals surface area contributed by atoms with Crippen LogP contribution in [-0.4, -0.2) is 46.7 Å². The summed E-state index contributed by atoms with van der Waals surface area (Å²) >= 11 is 5.95. The molecule has 1 fully saturated rings. The molecular weight excluding hydrogens is 390 g/mol. The van der Waals surface area contributed by atoms with Gasteiger partial charge >= 0.3 is 11.8 Å². The molecule has 7 heteroatoms. The van der Waals surface area contributed by atoms with Crippen LogP contribution in [0.2, 0.25) is 5.02 Å². The number of aryl methyl sites for hydroxylation is 1. The van der Waals surface area contributed by atoms with E-state index in [4.69, 9.17) is 11.6 Å². The molecule has 1 aliphatic heterocycles. The second-order valence-electron chi connectivity index (χ2n) is 7.43. The Labute approximate surface area is 175 Å². The summed E-state index contributed by atoms with van der Waals surface area (Å²) in [6.45, 7) is 7.05. The van der Waals surface area contributed by atoms with Crippen LogP contribution in [0.15, 0.2) is 42.5 Å². The molecule has 0 atom stereocenters. The Hall–Kier alpha value is -2.86. The number of rotatable bonds is 5. The van der Waals surface area contributed by atoms with E-state index in [0.717, 1.165) is 11.1 Å². The van der Waals surface area contributed by atoms with Gasteiger partial charge in [-0.15, -0.1) is 0 Å². The molecule has 2 aromatic rings. The first-order valence-electron chi connectivity index (χ1n) is 9.52. The Morgan fingerprint density at radius 1 is 1.07 bits per heavy atom. The normalized spacial score (nSPS) is 14.5. The molecule has 2 aromatic carbocycles. The summed E-state index contributed by atoms with van der Waals surface area (Å²) in [5.41, 5.74) is 2.96. The van der Waals surface area contributed by atoms with E-state index in [-0.39, 0.29) is 11.9 Å². The maximum absolute atomic E-state index is 12.5. The van der Waals surface area contributed by atoms with E-state index in [0.29, 0.717) is 35.9 Å². The summed E-state index contributed by atoms with van der Waals surface area (Å²) in [4.78, 5) is 40.2. The van der Waals surface area contributed by atoms with E-state index in [2.05, 4.69) is 5.32 Å². The third-order valence-corrected chi connectivity index (χ3v) is 5.23. The minimum absolute atomic E-state index is 0.00988. The first-order valence-corrected chi connectivity index (χ1v) is 9.90. The van der Waals surface area contributed by atoms with Gasteiger partial charge < -0.3 is 15.1 Å². The van der Waals surface area contributed by atoms with Crippen LogP contribution in [-0.2, 0) is 16.1 Å². The molecule has 1 aliphatic rings. The number of halogens is 1. The van der Waals surface area contributed by atoms with Gasteiger partial charge in [-0.3, -0.25) is 14.4 Å². The van der Waals surface area contributed by atoms with Gasteiger partial charge in [0.1, 0.15) is 0 Å². The SMILES string of the molecule is Cc1cc(Cl)ccc1NC(=O)c1ccc(CN2CCN(C(C)C)C(=O)C2=O)cc1. The minimum atomic E-state index is -0.481. The minimum Gasteiger partial charge on any atom is -0.330 e. The number of carbonyl (C=O) groups is 3. The van der Waals surface area contributed by atoms with Crippen LogP contribution < -0.4 is 5.32 Å². The van der Waals surface area contributed by atoms with Gasteiger partial charge in [0.05, 0.1) is 0 Å². The second kappa shape index (κ2) is 8.66. The molecule has 29 heavy (non-hydrogen) atoms. The maximum atomic E-state index is 12.5. The van der Waals surface area contributed by atoms with Crippen molar-refractivity contribution in [1.82, 2.24) is 9.80 Å². The topological polar surface area (TPSA) is 69.7 Å². The molecule has 6 nitrogen and oxygen atoms in total. The van der Waals surface area contributed by atoms with Crippen molar-refractivity contribution in [3.63, 3.8) is 0 Å². The first-order chi connectivity index (χ1) is 13.8. The summed E-state index contributed by atoms with van der Waals surface area (Å²) in [7, 11) is 0. The highest BCUT2D eigenvalue weighted by Crippen LogP contribution is 2.20. The summed E-state index contributed by atoms with van der Waals surface area (Å²) in [6, 6.07) is 12.3. The maximum Gasteiger partial charge on any atom is 0.312 e. The Kier molecular flexibility index (Phi) is 6.23. The van der Waals surface area contributed by atoms with Crippen LogP contribution in [0, 0.1) is 6.92 Å². The second-order valence-corrected chi connectivity index (χ2v) is 7.87. The number of nitrogens with zero attached hydrogens (tertiary/aromatic N) is 2. The molecule has 0 radical (unpaired) electrons. The lowest BCUT2D eigenvalue weighted by atomic mass is 10.1. The number of anilines is 1. The zero-order valence-electron chi connectivity index (χ0n) is 16.7. The molecule has 0 saturated carbocycles. The zero-order chi connectivity index (χ0) is 21.1. The van der Waals surface area contributed by atoms with Crippen molar-refractivity contribution in [1.29, 1.82) is 0 Å². The van der Waals surface area contributed by atoms with E-state index in [9.17, 15) is 14.4 Å². The number of nitrogens with one attached hydrogen (secondary N) is 1. The fourth-order valence-electron chi connectivity index (χ4n) is 3.28. The van der Waals surface area contributed by atoms with E-state index >= 15 is 0 Å². The van der Waals surface area contributed by atoms with Crippen LogP contribution in [0.5, 0.6) is 0 Å². The predicted molar refractivity (Wildman–Crippen MR) is 113 cm³/mol. The third-order valence-electron chi connectivity index (χ3n) is 4.99. The summed E-state index contributed by atoms with van der Waals surface area (Å²) in [5, 5.41) is 3.49. The lowest BCUT2D eigenvalue weighted by molar-refractivity contribution is -0.157. The Balaban J connectivity index is 1.63. The average molecular weight is 414 g/mol. The van der Waals surface area contributed by atoms with Gasteiger partial charge in [-0.05, 0) is 62.2 Å². The van der Waals surface area contributed by atoms with Gasteiger partial charge in [0.15, 0.2) is 0 Å². The summed E-state index contributed by atoms with van der Waals surface area (Å²) in [6.07, 6.45) is 0. The van der Waals surface area contributed by atoms with E-state index in [1.165, 1.54) is 0 Å². The van der Waals surface area contributed by atoms with Crippen LogP contribution in [0.25, 0.3) is 0 Å². The average Bonchev–Trinajstić information content (AvgIpc) is 2.68. The molecular formula is C22H24ClN3O3. The molecule has 152 valence electrons. The first kappa shape index (κ1) is 20.9. The molecule has 0 unspecified atom stereocenters.